The van der Waals surface area contributed by atoms with E-state index in [9.17, 15) is 9.18 Å². The van der Waals surface area contributed by atoms with Crippen LogP contribution in [0.5, 0.6) is 0 Å². The number of hydrogen-bond donors (Lipinski definition) is 2. The lowest BCUT2D eigenvalue weighted by Gasteiger charge is -2.04. The summed E-state index contributed by atoms with van der Waals surface area (Å²) in [6.45, 7) is 3.85. The summed E-state index contributed by atoms with van der Waals surface area (Å²) in [4.78, 5) is 11.5. The Morgan fingerprint density at radius 2 is 2.05 bits per heavy atom. The van der Waals surface area contributed by atoms with Gasteiger partial charge in [-0.05, 0) is 44.2 Å². The van der Waals surface area contributed by atoms with Crippen molar-refractivity contribution in [3.05, 3.63) is 53.1 Å². The van der Waals surface area contributed by atoms with Gasteiger partial charge in [0.05, 0.1) is 18.0 Å². The first kappa shape index (κ1) is 15.9. The smallest absolute Gasteiger partial charge is 0.244 e. The van der Waals surface area contributed by atoms with Gasteiger partial charge in [-0.25, -0.2) is 9.07 Å². The number of aliphatic hydroxyl groups excluding tert-OH is 1. The molecule has 0 unspecified atom stereocenters. The van der Waals surface area contributed by atoms with Crippen LogP contribution in [0, 0.1) is 19.7 Å². The lowest BCUT2D eigenvalue weighted by atomic mass is 10.2. The van der Waals surface area contributed by atoms with E-state index in [0.717, 1.165) is 22.6 Å². The first-order chi connectivity index (χ1) is 10.5. The summed E-state index contributed by atoms with van der Waals surface area (Å²) < 4.78 is 14.7. The zero-order valence-electron chi connectivity index (χ0n) is 12.5. The molecule has 0 bridgehead atoms. The third-order valence-corrected chi connectivity index (χ3v) is 3.23. The van der Waals surface area contributed by atoms with Crippen molar-refractivity contribution in [1.82, 2.24) is 15.1 Å². The molecule has 1 aromatic heterocycles. The second-order valence-electron chi connectivity index (χ2n) is 4.82. The van der Waals surface area contributed by atoms with Crippen LogP contribution < -0.4 is 5.32 Å². The van der Waals surface area contributed by atoms with Crippen LogP contribution in [0.1, 0.15) is 17.0 Å². The Labute approximate surface area is 128 Å². The normalized spacial score (nSPS) is 11.1. The van der Waals surface area contributed by atoms with Gasteiger partial charge in [-0.3, -0.25) is 4.79 Å². The molecule has 2 N–H and O–H groups in total. The molecule has 0 fully saturated rings. The number of aromatic nitrogens is 2. The van der Waals surface area contributed by atoms with E-state index >= 15 is 0 Å². The molecule has 0 spiro atoms. The number of hydrogen-bond acceptors (Lipinski definition) is 3. The van der Waals surface area contributed by atoms with E-state index in [1.54, 1.807) is 22.9 Å². The molecule has 0 radical (unpaired) electrons. The topological polar surface area (TPSA) is 67.2 Å². The fourth-order valence-corrected chi connectivity index (χ4v) is 2.13. The van der Waals surface area contributed by atoms with Crippen molar-refractivity contribution in [3.8, 4) is 5.69 Å². The lowest BCUT2D eigenvalue weighted by Crippen LogP contribution is -2.24. The maximum atomic E-state index is 13.0. The number of aliphatic hydroxyl groups is 1. The van der Waals surface area contributed by atoms with Gasteiger partial charge in [0.1, 0.15) is 5.82 Å². The molecule has 2 aromatic rings. The molecule has 6 heteroatoms. The molecule has 116 valence electrons. The van der Waals surface area contributed by atoms with Crippen LogP contribution in [-0.2, 0) is 4.79 Å². The number of carbonyl (C=O) groups excluding carboxylic acids is 1. The monoisotopic (exact) mass is 303 g/mol. The summed E-state index contributed by atoms with van der Waals surface area (Å²) in [5.74, 6) is -0.576. The van der Waals surface area contributed by atoms with Crippen LogP contribution in [0.4, 0.5) is 4.39 Å². The highest BCUT2D eigenvalue weighted by Crippen LogP contribution is 2.19. The van der Waals surface area contributed by atoms with E-state index in [4.69, 9.17) is 5.11 Å². The zero-order valence-corrected chi connectivity index (χ0v) is 12.5. The molecule has 5 nitrogen and oxygen atoms in total. The van der Waals surface area contributed by atoms with E-state index in [1.807, 2.05) is 13.8 Å². The van der Waals surface area contributed by atoms with Crippen LogP contribution in [0.2, 0.25) is 0 Å². The molecule has 2 rings (SSSR count). The quantitative estimate of drug-likeness (QED) is 0.827. The van der Waals surface area contributed by atoms with E-state index in [1.165, 1.54) is 18.2 Å². The number of benzene rings is 1. The summed E-state index contributed by atoms with van der Waals surface area (Å²) in [6, 6.07) is 6.06. The fraction of sp³-hybridized carbons (Fsp3) is 0.250. The number of nitrogens with one attached hydrogen (secondary N) is 1. The van der Waals surface area contributed by atoms with Crippen LogP contribution in [0.15, 0.2) is 30.3 Å². The number of carbonyl (C=O) groups is 1. The molecular weight excluding hydrogens is 285 g/mol. The van der Waals surface area contributed by atoms with Crippen LogP contribution in [-0.4, -0.2) is 33.9 Å². The van der Waals surface area contributed by atoms with Gasteiger partial charge in [0, 0.05) is 23.9 Å². The van der Waals surface area contributed by atoms with E-state index in [2.05, 4.69) is 10.4 Å². The van der Waals surface area contributed by atoms with E-state index < -0.39 is 0 Å². The van der Waals surface area contributed by atoms with Gasteiger partial charge in [-0.1, -0.05) is 0 Å². The average Bonchev–Trinajstić information content (AvgIpc) is 2.78. The first-order valence-corrected chi connectivity index (χ1v) is 6.92. The Bertz CT molecular complexity index is 690. The van der Waals surface area contributed by atoms with E-state index in [-0.39, 0.29) is 24.9 Å². The molecule has 0 aliphatic rings. The molecule has 0 saturated carbocycles. The molecule has 1 aromatic carbocycles. The molecule has 22 heavy (non-hydrogen) atoms. The molecular formula is C16H18FN3O2. The predicted molar refractivity (Wildman–Crippen MR) is 82.1 cm³/mol. The van der Waals surface area contributed by atoms with Crippen molar-refractivity contribution in [3.63, 3.8) is 0 Å². The second-order valence-corrected chi connectivity index (χ2v) is 4.82. The highest BCUT2D eigenvalue weighted by molar-refractivity contribution is 5.92. The number of aryl methyl sites for hydroxylation is 1. The highest BCUT2D eigenvalue weighted by atomic mass is 19.1. The van der Waals surface area contributed by atoms with Crippen molar-refractivity contribution in [1.29, 1.82) is 0 Å². The van der Waals surface area contributed by atoms with Gasteiger partial charge < -0.3 is 10.4 Å². The van der Waals surface area contributed by atoms with Crippen molar-refractivity contribution >= 4 is 12.0 Å². The largest absolute Gasteiger partial charge is 0.395 e. The standard InChI is InChI=1S/C16H18FN3O2/c1-11-15(7-8-16(22)18-9-10-21)12(2)20(19-11)14-5-3-13(17)4-6-14/h3-8,21H,9-10H2,1-2H3,(H,18,22)/b8-7+. The summed E-state index contributed by atoms with van der Waals surface area (Å²) in [6.07, 6.45) is 3.09. The minimum atomic E-state index is -0.300. The Morgan fingerprint density at radius 3 is 2.68 bits per heavy atom. The van der Waals surface area contributed by atoms with Crippen LogP contribution >= 0.6 is 0 Å². The van der Waals surface area contributed by atoms with Gasteiger partial charge in [-0.2, -0.15) is 5.10 Å². The Hall–Kier alpha value is -2.47. The third kappa shape index (κ3) is 3.59. The minimum Gasteiger partial charge on any atom is -0.395 e. The second kappa shape index (κ2) is 7.00. The number of nitrogens with zero attached hydrogens (tertiary/aromatic N) is 2. The maximum absolute atomic E-state index is 13.0. The first-order valence-electron chi connectivity index (χ1n) is 6.92. The van der Waals surface area contributed by atoms with Crippen molar-refractivity contribution in [2.24, 2.45) is 0 Å². The zero-order chi connectivity index (χ0) is 16.1. The predicted octanol–water partition coefficient (Wildman–Crippen LogP) is 1.75. The summed E-state index contributed by atoms with van der Waals surface area (Å²) in [5.41, 5.74) is 3.22. The Balaban J connectivity index is 2.25. The molecule has 1 heterocycles. The molecule has 0 aliphatic carbocycles. The fourth-order valence-electron chi connectivity index (χ4n) is 2.13. The summed E-state index contributed by atoms with van der Waals surface area (Å²) in [5, 5.41) is 15.6. The van der Waals surface area contributed by atoms with Gasteiger partial charge in [-0.15, -0.1) is 0 Å². The molecule has 0 aliphatic heterocycles. The van der Waals surface area contributed by atoms with Crippen LogP contribution in [0.3, 0.4) is 0 Å². The van der Waals surface area contributed by atoms with Crippen molar-refractivity contribution < 1.29 is 14.3 Å². The highest BCUT2D eigenvalue weighted by Gasteiger charge is 2.11. The van der Waals surface area contributed by atoms with E-state index in [0.29, 0.717) is 0 Å². The molecule has 0 atom stereocenters. The molecule has 0 saturated heterocycles. The number of halogens is 1. The van der Waals surface area contributed by atoms with Crippen molar-refractivity contribution in [2.75, 3.05) is 13.2 Å². The Morgan fingerprint density at radius 1 is 1.36 bits per heavy atom. The number of rotatable bonds is 5. The number of amides is 1. The third-order valence-electron chi connectivity index (χ3n) is 3.23. The lowest BCUT2D eigenvalue weighted by molar-refractivity contribution is -0.116. The SMILES string of the molecule is Cc1nn(-c2ccc(F)cc2)c(C)c1/C=C/C(=O)NCCO. The summed E-state index contributed by atoms with van der Waals surface area (Å²) >= 11 is 0. The van der Waals surface area contributed by atoms with Gasteiger partial charge in [0.25, 0.3) is 0 Å². The van der Waals surface area contributed by atoms with Gasteiger partial charge in [0.2, 0.25) is 5.91 Å². The Kier molecular flexibility index (Phi) is 5.06. The van der Waals surface area contributed by atoms with Gasteiger partial charge >= 0.3 is 0 Å². The maximum Gasteiger partial charge on any atom is 0.244 e. The van der Waals surface area contributed by atoms with Gasteiger partial charge in [0.15, 0.2) is 0 Å². The summed E-state index contributed by atoms with van der Waals surface area (Å²) in [7, 11) is 0. The molecule has 1 amide bonds. The van der Waals surface area contributed by atoms with Crippen LogP contribution in [0.25, 0.3) is 11.8 Å². The minimum absolute atomic E-state index is 0.0971. The van der Waals surface area contributed by atoms with Crippen molar-refractivity contribution in [2.45, 2.75) is 13.8 Å². The average molecular weight is 303 g/mol.